The van der Waals surface area contributed by atoms with Crippen molar-refractivity contribution < 1.29 is 39.3 Å². The molecule has 2 aromatic carbocycles. The van der Waals surface area contributed by atoms with Crippen molar-refractivity contribution in [1.82, 2.24) is 0 Å². The number of phenols is 1. The Bertz CT molecular complexity index is 1410. The van der Waals surface area contributed by atoms with Crippen LogP contribution in [-0.4, -0.2) is 56.1 Å². The highest BCUT2D eigenvalue weighted by molar-refractivity contribution is 6.33. The van der Waals surface area contributed by atoms with E-state index in [4.69, 9.17) is 17.3 Å². The van der Waals surface area contributed by atoms with E-state index in [-0.39, 0.29) is 16.7 Å². The van der Waals surface area contributed by atoms with Crippen molar-refractivity contribution in [3.05, 3.63) is 64.2 Å². The number of aliphatic hydroxyl groups is 2. The van der Waals surface area contributed by atoms with Crippen LogP contribution in [-0.2, 0) is 19.2 Å². The fourth-order valence-electron chi connectivity index (χ4n) is 5.81. The van der Waals surface area contributed by atoms with E-state index in [1.807, 2.05) is 0 Å². The van der Waals surface area contributed by atoms with Crippen LogP contribution < -0.4 is 5.73 Å². The van der Waals surface area contributed by atoms with Gasteiger partial charge in [-0.1, -0.05) is 41.9 Å². The number of aromatic hydroxyl groups is 1. The number of phenolic OH excluding ortho intramolecular Hbond substituents is 1. The fourth-order valence-corrected chi connectivity index (χ4v) is 6.01. The van der Waals surface area contributed by atoms with Crippen LogP contribution in [0.2, 0.25) is 5.02 Å². The first-order valence-corrected chi connectivity index (χ1v) is 11.5. The van der Waals surface area contributed by atoms with Gasteiger partial charge in [0.15, 0.2) is 34.7 Å². The number of amides is 1. The molecule has 3 aliphatic rings. The summed E-state index contributed by atoms with van der Waals surface area (Å²) in [5.41, 5.74) is 3.10. The van der Waals surface area contributed by atoms with Crippen LogP contribution in [0.1, 0.15) is 27.9 Å². The number of primary amides is 1. The van der Waals surface area contributed by atoms with E-state index in [1.54, 1.807) is 30.3 Å². The summed E-state index contributed by atoms with van der Waals surface area (Å²) in [7, 11) is 0. The summed E-state index contributed by atoms with van der Waals surface area (Å²) in [6.07, 6.45) is -0.782. The molecule has 0 spiro atoms. The number of fused-ring (bicyclic) bond motifs is 3. The number of aliphatic hydroxyl groups excluding tert-OH is 1. The Morgan fingerprint density at radius 2 is 1.78 bits per heavy atom. The summed E-state index contributed by atoms with van der Waals surface area (Å²) in [6.45, 7) is 0. The third-order valence-electron chi connectivity index (χ3n) is 7.41. The van der Waals surface area contributed by atoms with Crippen LogP contribution >= 0.6 is 11.6 Å². The van der Waals surface area contributed by atoms with Crippen molar-refractivity contribution in [3.8, 4) is 5.75 Å². The molecule has 0 bridgehead atoms. The third-order valence-corrected chi connectivity index (χ3v) is 7.65. The standard InChI is InChI=1S/C26H20ClNO8/c27-11-4-1-3-10(7-11)8-13-12-5-2-6-15(29)17(12)22(32)20-18(13)21(31)14-9-16(30)19(25(28)35)23(33)26(14,36)24(20)34/h1-8,14,18-21,29,31,36H,9H2,(H2,28,35)/t14-,18-,19?,20?,21-,26-/m1/s1. The first-order valence-electron chi connectivity index (χ1n) is 11.1. The zero-order valence-electron chi connectivity index (χ0n) is 18.6. The molecule has 2 aromatic rings. The predicted octanol–water partition coefficient (Wildman–Crippen LogP) is 0.949. The van der Waals surface area contributed by atoms with Crippen molar-refractivity contribution in [2.24, 2.45) is 29.4 Å². The summed E-state index contributed by atoms with van der Waals surface area (Å²) in [4.78, 5) is 64.8. The minimum atomic E-state index is -2.98. The number of benzene rings is 2. The molecule has 2 saturated carbocycles. The smallest absolute Gasteiger partial charge is 0.235 e. The monoisotopic (exact) mass is 509 g/mol. The van der Waals surface area contributed by atoms with E-state index in [9.17, 15) is 39.3 Å². The lowest BCUT2D eigenvalue weighted by Crippen LogP contribution is -2.72. The molecule has 5 rings (SSSR count). The summed E-state index contributed by atoms with van der Waals surface area (Å²) in [6, 6.07) is 10.9. The topological polar surface area (TPSA) is 172 Å². The number of carbonyl (C=O) groups excluding carboxylic acids is 5. The van der Waals surface area contributed by atoms with Crippen molar-refractivity contribution in [2.45, 2.75) is 18.1 Å². The molecule has 0 radical (unpaired) electrons. The molecule has 2 fully saturated rings. The van der Waals surface area contributed by atoms with E-state index in [0.29, 0.717) is 10.6 Å². The summed E-state index contributed by atoms with van der Waals surface area (Å²) in [5.74, 6) is -13.0. The molecule has 0 aliphatic heterocycles. The van der Waals surface area contributed by atoms with Gasteiger partial charge in [-0.3, -0.25) is 24.0 Å². The van der Waals surface area contributed by atoms with Crippen LogP contribution in [0.3, 0.4) is 0 Å². The Balaban J connectivity index is 1.75. The van der Waals surface area contributed by atoms with Gasteiger partial charge in [0.2, 0.25) is 5.91 Å². The highest BCUT2D eigenvalue weighted by Gasteiger charge is 2.69. The Hall–Kier alpha value is -3.66. The third kappa shape index (κ3) is 3.20. The molecule has 184 valence electrons. The lowest BCUT2D eigenvalue weighted by atomic mass is 9.51. The number of Topliss-reactive ketones (excluding diaryl/α,β-unsaturated/α-hetero) is 4. The van der Waals surface area contributed by atoms with Gasteiger partial charge in [0, 0.05) is 23.3 Å². The molecule has 3 aliphatic carbocycles. The SMILES string of the molecule is NC(=O)C1C(=O)C[C@@H]2[C@@H](O)[C@@H]3C(=Cc4cccc(Cl)c4)c4cccc(O)c4C(=O)C3C(=O)[C@]2(O)C1=O. The summed E-state index contributed by atoms with van der Waals surface area (Å²) >= 11 is 6.11. The number of ketones is 4. The molecule has 0 saturated heterocycles. The first kappa shape index (κ1) is 24.1. The van der Waals surface area contributed by atoms with E-state index in [0.717, 1.165) is 0 Å². The van der Waals surface area contributed by atoms with Gasteiger partial charge in [-0.25, -0.2) is 0 Å². The highest BCUT2D eigenvalue weighted by Crippen LogP contribution is 2.54. The van der Waals surface area contributed by atoms with Gasteiger partial charge in [0.1, 0.15) is 5.75 Å². The van der Waals surface area contributed by atoms with Gasteiger partial charge < -0.3 is 21.1 Å². The molecule has 6 atom stereocenters. The molecular formula is C26H20ClNO8. The maximum absolute atomic E-state index is 13.7. The van der Waals surface area contributed by atoms with Crippen LogP contribution in [0.4, 0.5) is 0 Å². The molecule has 10 heteroatoms. The van der Waals surface area contributed by atoms with Gasteiger partial charge in [-0.05, 0) is 34.9 Å². The molecule has 9 nitrogen and oxygen atoms in total. The van der Waals surface area contributed by atoms with Crippen molar-refractivity contribution in [3.63, 3.8) is 0 Å². The Kier molecular flexibility index (Phi) is 5.47. The number of rotatable bonds is 2. The van der Waals surface area contributed by atoms with Gasteiger partial charge in [0.25, 0.3) is 0 Å². The van der Waals surface area contributed by atoms with Crippen LogP contribution in [0.5, 0.6) is 5.75 Å². The van der Waals surface area contributed by atoms with Gasteiger partial charge >= 0.3 is 0 Å². The maximum atomic E-state index is 13.7. The average molecular weight is 510 g/mol. The van der Waals surface area contributed by atoms with Crippen LogP contribution in [0.15, 0.2) is 42.5 Å². The van der Waals surface area contributed by atoms with Crippen molar-refractivity contribution in [1.29, 1.82) is 0 Å². The Morgan fingerprint density at radius 3 is 2.44 bits per heavy atom. The van der Waals surface area contributed by atoms with Gasteiger partial charge in [0.05, 0.1) is 17.6 Å². The molecular weight excluding hydrogens is 490 g/mol. The summed E-state index contributed by atoms with van der Waals surface area (Å²) < 4.78 is 0. The first-order chi connectivity index (χ1) is 17.0. The van der Waals surface area contributed by atoms with Gasteiger partial charge in [-0.2, -0.15) is 0 Å². The maximum Gasteiger partial charge on any atom is 0.235 e. The molecule has 5 N–H and O–H groups in total. The summed E-state index contributed by atoms with van der Waals surface area (Å²) in [5, 5.41) is 33.7. The molecule has 2 unspecified atom stereocenters. The van der Waals surface area contributed by atoms with E-state index >= 15 is 0 Å². The number of hydrogen-bond acceptors (Lipinski definition) is 8. The van der Waals surface area contributed by atoms with Crippen molar-refractivity contribution in [2.75, 3.05) is 0 Å². The second-order valence-corrected chi connectivity index (χ2v) is 9.76. The lowest BCUT2D eigenvalue weighted by molar-refractivity contribution is -0.185. The molecule has 0 heterocycles. The zero-order chi connectivity index (χ0) is 26.1. The number of carbonyl (C=O) groups is 5. The van der Waals surface area contributed by atoms with Crippen molar-refractivity contribution >= 4 is 52.3 Å². The minimum Gasteiger partial charge on any atom is -0.507 e. The van der Waals surface area contributed by atoms with Crippen LogP contribution in [0.25, 0.3) is 11.6 Å². The van der Waals surface area contributed by atoms with E-state index in [1.165, 1.54) is 18.2 Å². The van der Waals surface area contributed by atoms with Crippen LogP contribution in [0, 0.1) is 23.7 Å². The molecule has 0 aromatic heterocycles. The average Bonchev–Trinajstić information content (AvgIpc) is 2.81. The highest BCUT2D eigenvalue weighted by atomic mass is 35.5. The number of hydrogen-bond donors (Lipinski definition) is 4. The second kappa shape index (κ2) is 8.19. The normalized spacial score (nSPS) is 32.6. The quantitative estimate of drug-likeness (QED) is 0.433. The largest absolute Gasteiger partial charge is 0.507 e. The lowest BCUT2D eigenvalue weighted by Gasteiger charge is -2.51. The predicted molar refractivity (Wildman–Crippen MR) is 126 cm³/mol. The Labute approximate surface area is 209 Å². The number of halogens is 1. The van der Waals surface area contributed by atoms with E-state index in [2.05, 4.69) is 0 Å². The number of nitrogens with two attached hydrogens (primary N) is 1. The fraction of sp³-hybridized carbons (Fsp3) is 0.269. The Morgan fingerprint density at radius 1 is 1.08 bits per heavy atom. The minimum absolute atomic E-state index is 0.208. The molecule has 1 amide bonds. The molecule has 36 heavy (non-hydrogen) atoms. The zero-order valence-corrected chi connectivity index (χ0v) is 19.3. The van der Waals surface area contributed by atoms with Gasteiger partial charge in [-0.15, -0.1) is 0 Å². The second-order valence-electron chi connectivity index (χ2n) is 9.32. The van der Waals surface area contributed by atoms with E-state index < -0.39 is 76.6 Å².